The average Bonchev–Trinajstić information content (AvgIpc) is 3.04. The van der Waals surface area contributed by atoms with Crippen LogP contribution in [0.25, 0.3) is 0 Å². The summed E-state index contributed by atoms with van der Waals surface area (Å²) in [5.41, 5.74) is 2.36. The standard InChI is InChI=1S/C18H28N2O/c1-3-4-5-15-6-9-17(10-7-15)20(2)18(21)11-8-16-12-13-19-14-16/h6-7,9-10,16,19H,3-5,8,11-14H2,1-2H3. The van der Waals surface area contributed by atoms with Crippen molar-refractivity contribution in [3.63, 3.8) is 0 Å². The molecule has 1 aromatic rings. The number of amides is 1. The Balaban J connectivity index is 1.83. The Labute approximate surface area is 128 Å². The molecular formula is C18H28N2O. The van der Waals surface area contributed by atoms with E-state index in [0.717, 1.165) is 31.6 Å². The highest BCUT2D eigenvalue weighted by molar-refractivity contribution is 5.92. The van der Waals surface area contributed by atoms with Crippen LogP contribution < -0.4 is 10.2 Å². The number of aryl methyl sites for hydroxylation is 1. The van der Waals surface area contributed by atoms with Crippen molar-refractivity contribution in [3.8, 4) is 0 Å². The first-order chi connectivity index (χ1) is 10.2. The van der Waals surface area contributed by atoms with Crippen LogP contribution in [0.1, 0.15) is 44.6 Å². The highest BCUT2D eigenvalue weighted by Gasteiger charge is 2.17. The maximum Gasteiger partial charge on any atom is 0.226 e. The van der Waals surface area contributed by atoms with Gasteiger partial charge in [-0.05, 0) is 62.4 Å². The van der Waals surface area contributed by atoms with Crippen LogP contribution in [0.4, 0.5) is 5.69 Å². The van der Waals surface area contributed by atoms with Crippen LogP contribution in [0.3, 0.4) is 0 Å². The number of benzene rings is 1. The van der Waals surface area contributed by atoms with Crippen LogP contribution in [0.2, 0.25) is 0 Å². The number of nitrogens with zero attached hydrogens (tertiary/aromatic N) is 1. The summed E-state index contributed by atoms with van der Waals surface area (Å²) < 4.78 is 0. The molecule has 3 nitrogen and oxygen atoms in total. The van der Waals surface area contributed by atoms with Gasteiger partial charge in [0.25, 0.3) is 0 Å². The van der Waals surface area contributed by atoms with Crippen molar-refractivity contribution in [2.75, 3.05) is 25.0 Å². The summed E-state index contributed by atoms with van der Waals surface area (Å²) in [6.07, 6.45) is 6.44. The molecule has 21 heavy (non-hydrogen) atoms. The van der Waals surface area contributed by atoms with Crippen LogP contribution >= 0.6 is 0 Å². The molecule has 1 atom stereocenters. The number of nitrogens with one attached hydrogen (secondary N) is 1. The van der Waals surface area contributed by atoms with E-state index in [1.165, 1.54) is 24.8 Å². The first-order valence-corrected chi connectivity index (χ1v) is 8.27. The number of carbonyl (C=O) groups excluding carboxylic acids is 1. The normalized spacial score (nSPS) is 17.9. The van der Waals surface area contributed by atoms with E-state index in [9.17, 15) is 4.79 Å². The van der Waals surface area contributed by atoms with Gasteiger partial charge in [0.15, 0.2) is 0 Å². The molecule has 3 heteroatoms. The molecule has 1 aliphatic rings. The van der Waals surface area contributed by atoms with Gasteiger partial charge in [0, 0.05) is 19.2 Å². The van der Waals surface area contributed by atoms with Crippen molar-refractivity contribution >= 4 is 11.6 Å². The fourth-order valence-corrected chi connectivity index (χ4v) is 2.87. The van der Waals surface area contributed by atoms with Crippen LogP contribution in [-0.2, 0) is 11.2 Å². The van der Waals surface area contributed by atoms with Crippen LogP contribution in [0.5, 0.6) is 0 Å². The van der Waals surface area contributed by atoms with Crippen molar-refractivity contribution in [2.45, 2.75) is 45.4 Å². The number of hydrogen-bond donors (Lipinski definition) is 1. The van der Waals surface area contributed by atoms with Gasteiger partial charge < -0.3 is 10.2 Å². The Morgan fingerprint density at radius 3 is 2.71 bits per heavy atom. The molecule has 0 radical (unpaired) electrons. The monoisotopic (exact) mass is 288 g/mol. The Morgan fingerprint density at radius 2 is 2.10 bits per heavy atom. The molecule has 1 amide bonds. The topological polar surface area (TPSA) is 32.3 Å². The fraction of sp³-hybridized carbons (Fsp3) is 0.611. The van der Waals surface area contributed by atoms with Gasteiger partial charge in [-0.3, -0.25) is 4.79 Å². The van der Waals surface area contributed by atoms with E-state index in [1.54, 1.807) is 4.90 Å². The van der Waals surface area contributed by atoms with E-state index in [4.69, 9.17) is 0 Å². The van der Waals surface area contributed by atoms with E-state index >= 15 is 0 Å². The lowest BCUT2D eigenvalue weighted by Crippen LogP contribution is -2.26. The third-order valence-corrected chi connectivity index (χ3v) is 4.45. The number of unbranched alkanes of at least 4 members (excludes halogenated alkanes) is 1. The minimum absolute atomic E-state index is 0.225. The molecule has 1 unspecified atom stereocenters. The van der Waals surface area contributed by atoms with Crippen molar-refractivity contribution in [1.82, 2.24) is 5.32 Å². The van der Waals surface area contributed by atoms with Gasteiger partial charge in [-0.1, -0.05) is 25.5 Å². The predicted octanol–water partition coefficient (Wildman–Crippen LogP) is 3.38. The summed E-state index contributed by atoms with van der Waals surface area (Å²) in [6.45, 7) is 4.39. The first-order valence-electron chi connectivity index (χ1n) is 8.27. The molecule has 1 aromatic carbocycles. The molecule has 1 fully saturated rings. The molecule has 1 N–H and O–H groups in total. The zero-order valence-electron chi connectivity index (χ0n) is 13.4. The smallest absolute Gasteiger partial charge is 0.226 e. The zero-order valence-corrected chi connectivity index (χ0v) is 13.4. The molecule has 0 saturated carbocycles. The van der Waals surface area contributed by atoms with Crippen molar-refractivity contribution in [3.05, 3.63) is 29.8 Å². The summed E-state index contributed by atoms with van der Waals surface area (Å²) in [7, 11) is 1.89. The molecule has 0 bridgehead atoms. The molecule has 0 spiro atoms. The van der Waals surface area contributed by atoms with Gasteiger partial charge in [0.1, 0.15) is 0 Å². The van der Waals surface area contributed by atoms with Crippen LogP contribution in [-0.4, -0.2) is 26.0 Å². The molecular weight excluding hydrogens is 260 g/mol. The minimum atomic E-state index is 0.225. The van der Waals surface area contributed by atoms with Gasteiger partial charge in [-0.2, -0.15) is 0 Å². The quantitative estimate of drug-likeness (QED) is 0.834. The fourth-order valence-electron chi connectivity index (χ4n) is 2.87. The SMILES string of the molecule is CCCCc1ccc(N(C)C(=O)CCC2CCNC2)cc1. The van der Waals surface area contributed by atoms with Gasteiger partial charge in [0.2, 0.25) is 5.91 Å². The molecule has 0 aromatic heterocycles. The Kier molecular flexibility index (Phi) is 6.24. The lowest BCUT2D eigenvalue weighted by molar-refractivity contribution is -0.118. The third kappa shape index (κ3) is 4.85. The highest BCUT2D eigenvalue weighted by Crippen LogP contribution is 2.19. The number of carbonyl (C=O) groups is 1. The largest absolute Gasteiger partial charge is 0.316 e. The third-order valence-electron chi connectivity index (χ3n) is 4.45. The summed E-state index contributed by atoms with van der Waals surface area (Å²) in [6, 6.07) is 8.44. The molecule has 116 valence electrons. The van der Waals surface area contributed by atoms with Crippen molar-refractivity contribution in [1.29, 1.82) is 0 Å². The molecule has 1 aliphatic heterocycles. The Hall–Kier alpha value is -1.35. The molecule has 0 aliphatic carbocycles. The van der Waals surface area contributed by atoms with Gasteiger partial charge in [-0.15, -0.1) is 0 Å². The van der Waals surface area contributed by atoms with Crippen LogP contribution in [0, 0.1) is 5.92 Å². The number of hydrogen-bond acceptors (Lipinski definition) is 2. The lowest BCUT2D eigenvalue weighted by atomic mass is 10.0. The lowest BCUT2D eigenvalue weighted by Gasteiger charge is -2.18. The zero-order chi connectivity index (χ0) is 15.1. The maximum absolute atomic E-state index is 12.3. The Morgan fingerprint density at radius 1 is 1.33 bits per heavy atom. The summed E-state index contributed by atoms with van der Waals surface area (Å²) >= 11 is 0. The average molecular weight is 288 g/mol. The van der Waals surface area contributed by atoms with E-state index in [-0.39, 0.29) is 5.91 Å². The van der Waals surface area contributed by atoms with E-state index in [0.29, 0.717) is 12.3 Å². The second kappa shape index (κ2) is 8.18. The van der Waals surface area contributed by atoms with E-state index in [2.05, 4.69) is 36.5 Å². The second-order valence-corrected chi connectivity index (χ2v) is 6.12. The van der Waals surface area contributed by atoms with Crippen LogP contribution in [0.15, 0.2) is 24.3 Å². The van der Waals surface area contributed by atoms with Gasteiger partial charge in [-0.25, -0.2) is 0 Å². The molecule has 2 rings (SSSR count). The van der Waals surface area contributed by atoms with Gasteiger partial charge in [0.05, 0.1) is 0 Å². The minimum Gasteiger partial charge on any atom is -0.316 e. The summed E-state index contributed by atoms with van der Waals surface area (Å²) in [5.74, 6) is 0.905. The molecule has 1 heterocycles. The maximum atomic E-state index is 12.3. The first kappa shape index (κ1) is 16.0. The van der Waals surface area contributed by atoms with E-state index < -0.39 is 0 Å². The highest BCUT2D eigenvalue weighted by atomic mass is 16.2. The number of anilines is 1. The molecule has 1 saturated heterocycles. The Bertz CT molecular complexity index is 435. The van der Waals surface area contributed by atoms with Gasteiger partial charge >= 0.3 is 0 Å². The van der Waals surface area contributed by atoms with Crippen molar-refractivity contribution in [2.24, 2.45) is 5.92 Å². The second-order valence-electron chi connectivity index (χ2n) is 6.12. The number of rotatable bonds is 7. The summed E-state index contributed by atoms with van der Waals surface area (Å²) in [4.78, 5) is 14.1. The summed E-state index contributed by atoms with van der Waals surface area (Å²) in [5, 5.41) is 3.36. The predicted molar refractivity (Wildman–Crippen MR) is 88.7 cm³/mol. The van der Waals surface area contributed by atoms with Crippen molar-refractivity contribution < 1.29 is 4.79 Å². The van der Waals surface area contributed by atoms with E-state index in [1.807, 2.05) is 7.05 Å².